The molecule has 0 amide bonds. The highest BCUT2D eigenvalue weighted by molar-refractivity contribution is 6.36. The molecule has 3 aromatic rings. The summed E-state index contributed by atoms with van der Waals surface area (Å²) in [6.45, 7) is 6.61. The van der Waals surface area contributed by atoms with Gasteiger partial charge in [-0.1, -0.05) is 74.3 Å². The minimum atomic E-state index is 0. The van der Waals surface area contributed by atoms with E-state index in [0.717, 1.165) is 28.5 Å². The summed E-state index contributed by atoms with van der Waals surface area (Å²) in [6, 6.07) is 11.9. The van der Waals surface area contributed by atoms with E-state index in [-0.39, 0.29) is 12.4 Å². The Labute approximate surface area is 171 Å². The zero-order valence-electron chi connectivity index (χ0n) is 15.4. The third kappa shape index (κ3) is 3.78. The summed E-state index contributed by atoms with van der Waals surface area (Å²) in [5.74, 6) is 0.432. The van der Waals surface area contributed by atoms with Crippen molar-refractivity contribution in [1.82, 2.24) is 9.78 Å². The van der Waals surface area contributed by atoms with Crippen molar-refractivity contribution in [2.24, 2.45) is 13.0 Å². The Kier molecular flexibility index (Phi) is 6.79. The van der Waals surface area contributed by atoms with Gasteiger partial charge in [0.2, 0.25) is 0 Å². The molecule has 5 heteroatoms. The average Bonchev–Trinajstić information content (AvgIpc) is 2.88. The van der Waals surface area contributed by atoms with Gasteiger partial charge in [-0.25, -0.2) is 0 Å². The summed E-state index contributed by atoms with van der Waals surface area (Å²) in [7, 11) is 2.01. The van der Waals surface area contributed by atoms with Crippen LogP contribution in [0.3, 0.4) is 0 Å². The fraction of sp³-hybridized carbons (Fsp3) is 0.286. The first-order valence-corrected chi connectivity index (χ1v) is 9.31. The predicted molar refractivity (Wildman–Crippen MR) is 117 cm³/mol. The lowest BCUT2D eigenvalue weighted by Crippen LogP contribution is -2.02. The Morgan fingerprint density at radius 3 is 2.50 bits per heavy atom. The Balaban J connectivity index is 0.00000243. The third-order valence-electron chi connectivity index (χ3n) is 4.41. The first kappa shape index (κ1) is 20.8. The minimum Gasteiger partial charge on any atom is -0.267 e. The van der Waals surface area contributed by atoms with Gasteiger partial charge in [0.1, 0.15) is 5.52 Å². The SMILES string of the molecule is CCC=C(c1c2cccc(-c3ccc(Cl)cc3Cl)c2nn1C)C(C)C.Cl. The van der Waals surface area contributed by atoms with E-state index in [4.69, 9.17) is 28.3 Å². The van der Waals surface area contributed by atoms with Gasteiger partial charge in [0.25, 0.3) is 0 Å². The summed E-state index contributed by atoms with van der Waals surface area (Å²) in [6.07, 6.45) is 3.30. The molecule has 26 heavy (non-hydrogen) atoms. The van der Waals surface area contributed by atoms with Crippen LogP contribution in [0.4, 0.5) is 0 Å². The monoisotopic (exact) mass is 408 g/mol. The highest BCUT2D eigenvalue weighted by atomic mass is 35.5. The number of hydrogen-bond acceptors (Lipinski definition) is 1. The van der Waals surface area contributed by atoms with E-state index in [2.05, 4.69) is 45.0 Å². The zero-order chi connectivity index (χ0) is 18.1. The topological polar surface area (TPSA) is 17.8 Å². The number of fused-ring (bicyclic) bond motifs is 1. The third-order valence-corrected chi connectivity index (χ3v) is 4.95. The van der Waals surface area contributed by atoms with E-state index in [9.17, 15) is 0 Å². The van der Waals surface area contributed by atoms with E-state index in [0.29, 0.717) is 16.0 Å². The Hall–Kier alpha value is -1.48. The van der Waals surface area contributed by atoms with Crippen LogP contribution in [-0.2, 0) is 7.05 Å². The summed E-state index contributed by atoms with van der Waals surface area (Å²) in [5, 5.41) is 7.25. The second kappa shape index (κ2) is 8.47. The molecule has 0 aliphatic heterocycles. The van der Waals surface area contributed by atoms with E-state index < -0.39 is 0 Å². The summed E-state index contributed by atoms with van der Waals surface area (Å²) >= 11 is 12.5. The van der Waals surface area contributed by atoms with Crippen LogP contribution in [0.1, 0.15) is 32.9 Å². The molecule has 0 aliphatic rings. The molecule has 0 fully saturated rings. The van der Waals surface area contributed by atoms with Gasteiger partial charge in [-0.2, -0.15) is 5.10 Å². The molecule has 0 spiro atoms. The first-order chi connectivity index (χ1) is 11.9. The molecule has 1 heterocycles. The normalized spacial score (nSPS) is 11.9. The maximum atomic E-state index is 6.44. The maximum absolute atomic E-state index is 6.44. The van der Waals surface area contributed by atoms with Crippen LogP contribution in [0.25, 0.3) is 27.6 Å². The van der Waals surface area contributed by atoms with Crippen LogP contribution in [0, 0.1) is 5.92 Å². The van der Waals surface area contributed by atoms with Crippen molar-refractivity contribution in [1.29, 1.82) is 0 Å². The fourth-order valence-electron chi connectivity index (χ4n) is 3.31. The van der Waals surface area contributed by atoms with Crippen LogP contribution in [0.5, 0.6) is 0 Å². The molecule has 138 valence electrons. The Morgan fingerprint density at radius 1 is 1.15 bits per heavy atom. The van der Waals surface area contributed by atoms with Gasteiger partial charge in [0.05, 0.1) is 5.69 Å². The van der Waals surface area contributed by atoms with Gasteiger partial charge >= 0.3 is 0 Å². The average molecular weight is 410 g/mol. The molecule has 0 atom stereocenters. The quantitative estimate of drug-likeness (QED) is 0.438. The molecule has 2 aromatic carbocycles. The standard InChI is InChI=1S/C21H22Cl2N2.ClH/c1-5-7-15(13(2)3)21-18-9-6-8-17(20(18)24-25(21)4)16-11-10-14(22)12-19(16)23;/h6-13H,5H2,1-4H3;1H. The maximum Gasteiger partial charge on any atom is 0.101 e. The molecular formula is C21H23Cl3N2. The van der Waals surface area contributed by atoms with E-state index in [1.807, 2.05) is 23.9 Å². The molecule has 0 saturated carbocycles. The molecule has 3 rings (SSSR count). The molecule has 2 nitrogen and oxygen atoms in total. The van der Waals surface area contributed by atoms with Crippen LogP contribution in [0.2, 0.25) is 10.0 Å². The van der Waals surface area contributed by atoms with Crippen molar-refractivity contribution < 1.29 is 0 Å². The number of nitrogens with zero attached hydrogens (tertiary/aromatic N) is 2. The van der Waals surface area contributed by atoms with Gasteiger partial charge in [-0.15, -0.1) is 12.4 Å². The van der Waals surface area contributed by atoms with Crippen molar-refractivity contribution >= 4 is 52.1 Å². The number of halogens is 3. The lowest BCUT2D eigenvalue weighted by molar-refractivity contribution is 0.744. The van der Waals surface area contributed by atoms with Crippen molar-refractivity contribution in [2.75, 3.05) is 0 Å². The molecule has 0 bridgehead atoms. The van der Waals surface area contributed by atoms with Gasteiger partial charge in [0.15, 0.2) is 0 Å². The van der Waals surface area contributed by atoms with Crippen LogP contribution >= 0.6 is 35.6 Å². The van der Waals surface area contributed by atoms with Crippen molar-refractivity contribution in [3.8, 4) is 11.1 Å². The number of aryl methyl sites for hydroxylation is 1. The molecule has 0 aliphatic carbocycles. The minimum absolute atomic E-state index is 0. The number of rotatable bonds is 4. The molecule has 1 aromatic heterocycles. The number of allylic oxidation sites excluding steroid dienone is 2. The highest BCUT2D eigenvalue weighted by Gasteiger charge is 2.18. The summed E-state index contributed by atoms with van der Waals surface area (Å²) in [5.41, 5.74) is 5.45. The zero-order valence-corrected chi connectivity index (χ0v) is 17.7. The van der Waals surface area contributed by atoms with Gasteiger partial charge in [-0.3, -0.25) is 4.68 Å². The number of hydrogen-bond donors (Lipinski definition) is 0. The van der Waals surface area contributed by atoms with E-state index in [1.54, 1.807) is 6.07 Å². The van der Waals surface area contributed by atoms with Crippen molar-refractivity contribution in [2.45, 2.75) is 27.2 Å². The van der Waals surface area contributed by atoms with Gasteiger partial charge in [-0.05, 0) is 30.0 Å². The second-order valence-electron chi connectivity index (χ2n) is 6.52. The number of benzene rings is 2. The van der Waals surface area contributed by atoms with Crippen LogP contribution < -0.4 is 0 Å². The van der Waals surface area contributed by atoms with Crippen molar-refractivity contribution in [3.63, 3.8) is 0 Å². The summed E-state index contributed by atoms with van der Waals surface area (Å²) in [4.78, 5) is 0. The summed E-state index contributed by atoms with van der Waals surface area (Å²) < 4.78 is 1.99. The molecule has 0 unspecified atom stereocenters. The highest BCUT2D eigenvalue weighted by Crippen LogP contribution is 2.37. The van der Waals surface area contributed by atoms with E-state index >= 15 is 0 Å². The second-order valence-corrected chi connectivity index (χ2v) is 7.36. The fourth-order valence-corrected chi connectivity index (χ4v) is 3.82. The predicted octanol–water partition coefficient (Wildman–Crippen LogP) is 7.42. The van der Waals surface area contributed by atoms with E-state index in [1.165, 1.54) is 11.3 Å². The van der Waals surface area contributed by atoms with Gasteiger partial charge < -0.3 is 0 Å². The van der Waals surface area contributed by atoms with Gasteiger partial charge in [0, 0.05) is 33.6 Å². The first-order valence-electron chi connectivity index (χ1n) is 8.55. The lowest BCUT2D eigenvalue weighted by atomic mass is 9.94. The van der Waals surface area contributed by atoms with Crippen molar-refractivity contribution in [3.05, 3.63) is 58.2 Å². The molecular weight excluding hydrogens is 387 g/mol. The molecule has 0 N–H and O–H groups in total. The molecule has 0 radical (unpaired) electrons. The van der Waals surface area contributed by atoms with Crippen LogP contribution in [-0.4, -0.2) is 9.78 Å². The smallest absolute Gasteiger partial charge is 0.101 e. The number of aromatic nitrogens is 2. The Morgan fingerprint density at radius 2 is 1.88 bits per heavy atom. The molecule has 0 saturated heterocycles. The Bertz CT molecular complexity index is 955. The largest absolute Gasteiger partial charge is 0.267 e. The van der Waals surface area contributed by atoms with Crippen LogP contribution in [0.15, 0.2) is 42.5 Å². The lowest BCUT2D eigenvalue weighted by Gasteiger charge is -2.12.